The van der Waals surface area contributed by atoms with Crippen LogP contribution in [0.2, 0.25) is 0 Å². The molecule has 0 saturated carbocycles. The molecule has 0 fully saturated rings. The highest BCUT2D eigenvalue weighted by Gasteiger charge is 2.13. The summed E-state index contributed by atoms with van der Waals surface area (Å²) in [7, 11) is 5.39. The molecule has 1 aromatic carbocycles. The molecule has 0 radical (unpaired) electrons. The lowest BCUT2D eigenvalue weighted by molar-refractivity contribution is 0.301. The molecule has 0 aliphatic rings. The number of nitrogens with zero attached hydrogens (tertiary/aromatic N) is 3. The van der Waals surface area contributed by atoms with Gasteiger partial charge in [0, 0.05) is 30.2 Å². The Morgan fingerprint density at radius 2 is 1.92 bits per heavy atom. The van der Waals surface area contributed by atoms with E-state index in [4.69, 9.17) is 14.5 Å². The molecule has 2 heterocycles. The highest BCUT2D eigenvalue weighted by molar-refractivity contribution is 7.13. The SMILES string of the molecule is COc1cccc(CN(C)Cc2csc(-c3ccccn3)n2)c1OC. The van der Waals surface area contributed by atoms with E-state index in [0.717, 1.165) is 46.5 Å². The molecule has 0 atom stereocenters. The number of thiazole rings is 1. The van der Waals surface area contributed by atoms with Crippen molar-refractivity contribution >= 4 is 11.3 Å². The zero-order chi connectivity index (χ0) is 17.6. The van der Waals surface area contributed by atoms with E-state index in [2.05, 4.69) is 28.4 Å². The van der Waals surface area contributed by atoms with Gasteiger partial charge in [0.1, 0.15) is 5.01 Å². The maximum atomic E-state index is 5.51. The minimum Gasteiger partial charge on any atom is -0.493 e. The summed E-state index contributed by atoms with van der Waals surface area (Å²) < 4.78 is 10.9. The van der Waals surface area contributed by atoms with Crippen LogP contribution in [-0.2, 0) is 13.1 Å². The Hall–Kier alpha value is -2.44. The molecule has 6 heteroatoms. The number of pyridine rings is 1. The van der Waals surface area contributed by atoms with Crippen LogP contribution in [0.25, 0.3) is 10.7 Å². The van der Waals surface area contributed by atoms with Gasteiger partial charge in [-0.1, -0.05) is 18.2 Å². The lowest BCUT2D eigenvalue weighted by Gasteiger charge is -2.18. The lowest BCUT2D eigenvalue weighted by Crippen LogP contribution is -2.18. The summed E-state index contributed by atoms with van der Waals surface area (Å²) in [6, 6.07) is 11.8. The van der Waals surface area contributed by atoms with Gasteiger partial charge >= 0.3 is 0 Å². The monoisotopic (exact) mass is 355 g/mol. The minimum absolute atomic E-state index is 0.747. The van der Waals surface area contributed by atoms with Crippen molar-refractivity contribution < 1.29 is 9.47 Å². The Morgan fingerprint density at radius 1 is 1.04 bits per heavy atom. The summed E-state index contributed by atoms with van der Waals surface area (Å²) in [5.41, 5.74) is 3.04. The number of ether oxygens (including phenoxy) is 2. The van der Waals surface area contributed by atoms with Crippen molar-refractivity contribution in [3.05, 3.63) is 59.2 Å². The average molecular weight is 355 g/mol. The third-order valence-electron chi connectivity index (χ3n) is 3.79. The van der Waals surface area contributed by atoms with Crippen LogP contribution in [0.15, 0.2) is 48.0 Å². The van der Waals surface area contributed by atoms with Crippen LogP contribution in [-0.4, -0.2) is 36.1 Å². The van der Waals surface area contributed by atoms with Crippen molar-refractivity contribution in [3.8, 4) is 22.2 Å². The normalized spacial score (nSPS) is 10.9. The molecule has 0 aliphatic carbocycles. The van der Waals surface area contributed by atoms with Crippen LogP contribution in [0.1, 0.15) is 11.3 Å². The maximum Gasteiger partial charge on any atom is 0.165 e. The standard InChI is InChI=1S/C19H21N3O2S/c1-22(11-14-7-6-9-17(23-2)18(14)24-3)12-15-13-25-19(21-15)16-8-4-5-10-20-16/h4-10,13H,11-12H2,1-3H3. The molecular formula is C19H21N3O2S. The van der Waals surface area contributed by atoms with Crippen LogP contribution >= 0.6 is 11.3 Å². The zero-order valence-electron chi connectivity index (χ0n) is 14.6. The zero-order valence-corrected chi connectivity index (χ0v) is 15.4. The van der Waals surface area contributed by atoms with Gasteiger partial charge in [-0.2, -0.15) is 0 Å². The summed E-state index contributed by atoms with van der Waals surface area (Å²) in [5.74, 6) is 1.53. The lowest BCUT2D eigenvalue weighted by atomic mass is 10.1. The molecule has 5 nitrogen and oxygen atoms in total. The fourth-order valence-electron chi connectivity index (χ4n) is 2.69. The molecule has 3 rings (SSSR count). The molecule has 130 valence electrons. The molecule has 3 aromatic rings. The summed E-state index contributed by atoms with van der Waals surface area (Å²) in [5, 5.41) is 3.03. The van der Waals surface area contributed by atoms with Crippen LogP contribution in [0.5, 0.6) is 11.5 Å². The topological polar surface area (TPSA) is 47.5 Å². The van der Waals surface area contributed by atoms with Gasteiger partial charge < -0.3 is 9.47 Å². The number of methoxy groups -OCH3 is 2. The first-order valence-electron chi connectivity index (χ1n) is 7.95. The van der Waals surface area contributed by atoms with Crippen LogP contribution < -0.4 is 9.47 Å². The molecular weight excluding hydrogens is 334 g/mol. The Kier molecular flexibility index (Phi) is 5.63. The molecule has 25 heavy (non-hydrogen) atoms. The van der Waals surface area contributed by atoms with E-state index in [1.54, 1.807) is 31.8 Å². The van der Waals surface area contributed by atoms with E-state index in [-0.39, 0.29) is 0 Å². The summed E-state index contributed by atoms with van der Waals surface area (Å²) in [6.07, 6.45) is 1.79. The van der Waals surface area contributed by atoms with E-state index < -0.39 is 0 Å². The third kappa shape index (κ3) is 4.15. The van der Waals surface area contributed by atoms with E-state index in [9.17, 15) is 0 Å². The molecule has 0 N–H and O–H groups in total. The second-order valence-electron chi connectivity index (χ2n) is 5.68. The molecule has 0 unspecified atom stereocenters. The first kappa shape index (κ1) is 17.4. The minimum atomic E-state index is 0.747. The maximum absolute atomic E-state index is 5.51. The van der Waals surface area contributed by atoms with Gasteiger partial charge in [-0.05, 0) is 25.2 Å². The number of rotatable bonds is 7. The summed E-state index contributed by atoms with van der Waals surface area (Å²) in [6.45, 7) is 1.50. The number of aromatic nitrogens is 2. The Balaban J connectivity index is 1.69. The van der Waals surface area contributed by atoms with Gasteiger partial charge in [0.05, 0.1) is 25.6 Å². The van der Waals surface area contributed by atoms with E-state index in [0.29, 0.717) is 0 Å². The molecule has 2 aromatic heterocycles. The van der Waals surface area contributed by atoms with Gasteiger partial charge in [-0.15, -0.1) is 11.3 Å². The number of hydrogen-bond acceptors (Lipinski definition) is 6. The first-order chi connectivity index (χ1) is 12.2. The van der Waals surface area contributed by atoms with Gasteiger partial charge in [-0.3, -0.25) is 9.88 Å². The molecule has 0 bridgehead atoms. The third-order valence-corrected chi connectivity index (χ3v) is 4.71. The Bertz CT molecular complexity index is 821. The van der Waals surface area contributed by atoms with E-state index in [1.165, 1.54) is 0 Å². The predicted molar refractivity (Wildman–Crippen MR) is 100 cm³/mol. The van der Waals surface area contributed by atoms with Crippen molar-refractivity contribution in [2.24, 2.45) is 0 Å². The fraction of sp³-hybridized carbons (Fsp3) is 0.263. The molecule has 0 saturated heterocycles. The highest BCUT2D eigenvalue weighted by atomic mass is 32.1. The quantitative estimate of drug-likeness (QED) is 0.644. The highest BCUT2D eigenvalue weighted by Crippen LogP contribution is 2.31. The van der Waals surface area contributed by atoms with Gasteiger partial charge in [0.15, 0.2) is 11.5 Å². The molecule has 0 amide bonds. The number of para-hydroxylation sites is 1. The van der Waals surface area contributed by atoms with E-state index >= 15 is 0 Å². The van der Waals surface area contributed by atoms with Crippen molar-refractivity contribution in [1.82, 2.24) is 14.9 Å². The Labute approximate surface area is 151 Å². The van der Waals surface area contributed by atoms with Crippen molar-refractivity contribution in [2.75, 3.05) is 21.3 Å². The van der Waals surface area contributed by atoms with Crippen molar-refractivity contribution in [2.45, 2.75) is 13.1 Å². The van der Waals surface area contributed by atoms with Gasteiger partial charge in [0.25, 0.3) is 0 Å². The first-order valence-corrected chi connectivity index (χ1v) is 8.83. The molecule has 0 spiro atoms. The largest absolute Gasteiger partial charge is 0.493 e. The summed E-state index contributed by atoms with van der Waals surface area (Å²) >= 11 is 1.62. The van der Waals surface area contributed by atoms with Crippen LogP contribution in [0, 0.1) is 0 Å². The van der Waals surface area contributed by atoms with Crippen molar-refractivity contribution in [3.63, 3.8) is 0 Å². The van der Waals surface area contributed by atoms with Crippen LogP contribution in [0.3, 0.4) is 0 Å². The van der Waals surface area contributed by atoms with Gasteiger partial charge in [-0.25, -0.2) is 4.98 Å². The van der Waals surface area contributed by atoms with Crippen LogP contribution in [0.4, 0.5) is 0 Å². The fourth-order valence-corrected chi connectivity index (χ4v) is 3.47. The summed E-state index contributed by atoms with van der Waals surface area (Å²) in [4.78, 5) is 11.3. The number of benzene rings is 1. The smallest absolute Gasteiger partial charge is 0.165 e. The predicted octanol–water partition coefficient (Wildman–Crippen LogP) is 3.85. The van der Waals surface area contributed by atoms with E-state index in [1.807, 2.05) is 30.3 Å². The van der Waals surface area contributed by atoms with Crippen molar-refractivity contribution in [1.29, 1.82) is 0 Å². The molecule has 0 aliphatic heterocycles. The second kappa shape index (κ2) is 8.09. The Morgan fingerprint density at radius 3 is 2.64 bits per heavy atom. The number of hydrogen-bond donors (Lipinski definition) is 0. The second-order valence-corrected chi connectivity index (χ2v) is 6.54. The van der Waals surface area contributed by atoms with Gasteiger partial charge in [0.2, 0.25) is 0 Å². The average Bonchev–Trinajstić information content (AvgIpc) is 3.10.